The molecule has 0 radical (unpaired) electrons. The van der Waals surface area contributed by atoms with Crippen LogP contribution in [0, 0.1) is 6.92 Å². The number of nitrogens with zero attached hydrogens (tertiary/aromatic N) is 3. The molecule has 0 bridgehead atoms. The number of hydrogen-bond donors (Lipinski definition) is 1. The third kappa shape index (κ3) is 2.53. The van der Waals surface area contributed by atoms with Gasteiger partial charge in [-0.05, 0) is 32.9 Å². The van der Waals surface area contributed by atoms with E-state index < -0.39 is 0 Å². The maximum Gasteiger partial charge on any atom is 0.0642 e. The van der Waals surface area contributed by atoms with E-state index >= 15 is 0 Å². The molecule has 1 saturated heterocycles. The first-order chi connectivity index (χ1) is 8.13. The van der Waals surface area contributed by atoms with Gasteiger partial charge in [0.05, 0.1) is 11.7 Å². The van der Waals surface area contributed by atoms with Crippen molar-refractivity contribution in [3.63, 3.8) is 0 Å². The normalized spacial score (nSPS) is 27.1. The molecule has 0 saturated carbocycles. The number of aromatic nitrogens is 2. The van der Waals surface area contributed by atoms with Gasteiger partial charge >= 0.3 is 0 Å². The molecule has 0 amide bonds. The van der Waals surface area contributed by atoms with Crippen LogP contribution in [0.1, 0.15) is 43.5 Å². The van der Waals surface area contributed by atoms with Crippen molar-refractivity contribution < 1.29 is 0 Å². The van der Waals surface area contributed by atoms with E-state index in [1.54, 1.807) is 0 Å². The van der Waals surface area contributed by atoms with Crippen LogP contribution in [0.5, 0.6) is 0 Å². The Hall–Kier alpha value is -0.870. The summed E-state index contributed by atoms with van der Waals surface area (Å²) >= 11 is 0. The van der Waals surface area contributed by atoms with Gasteiger partial charge in [-0.25, -0.2) is 0 Å². The molecule has 0 spiro atoms. The summed E-state index contributed by atoms with van der Waals surface area (Å²) < 4.78 is 1.90. The highest BCUT2D eigenvalue weighted by atomic mass is 15.3. The maximum atomic E-state index is 6.38. The van der Waals surface area contributed by atoms with E-state index in [4.69, 9.17) is 5.73 Å². The molecule has 96 valence electrons. The summed E-state index contributed by atoms with van der Waals surface area (Å²) in [6, 6.07) is 0.580. The fourth-order valence-electron chi connectivity index (χ4n) is 2.95. The van der Waals surface area contributed by atoms with Gasteiger partial charge in [0.15, 0.2) is 0 Å². The number of hydrogen-bond acceptors (Lipinski definition) is 3. The fraction of sp³-hybridized carbons (Fsp3) is 0.769. The smallest absolute Gasteiger partial charge is 0.0642 e. The predicted octanol–water partition coefficient (Wildman–Crippen LogP) is 1.60. The average Bonchev–Trinajstić information content (AvgIpc) is 2.50. The molecule has 4 nitrogen and oxygen atoms in total. The zero-order chi connectivity index (χ0) is 12.4. The van der Waals surface area contributed by atoms with Gasteiger partial charge in [0.25, 0.3) is 0 Å². The van der Waals surface area contributed by atoms with E-state index in [1.165, 1.54) is 18.4 Å². The molecule has 1 fully saturated rings. The summed E-state index contributed by atoms with van der Waals surface area (Å²) in [6.07, 6.45) is 5.76. The van der Waals surface area contributed by atoms with Crippen molar-refractivity contribution in [2.75, 3.05) is 13.1 Å². The molecule has 1 aromatic rings. The Morgan fingerprint density at radius 3 is 2.82 bits per heavy atom. The van der Waals surface area contributed by atoms with Crippen molar-refractivity contribution in [2.24, 2.45) is 12.8 Å². The molecule has 0 aliphatic carbocycles. The third-order valence-electron chi connectivity index (χ3n) is 3.81. The minimum Gasteiger partial charge on any atom is -0.326 e. The first kappa shape index (κ1) is 12.6. The largest absolute Gasteiger partial charge is 0.326 e. The minimum atomic E-state index is 0.236. The lowest BCUT2D eigenvalue weighted by Gasteiger charge is -2.32. The molecule has 2 N–H and O–H groups in total. The summed E-state index contributed by atoms with van der Waals surface area (Å²) in [5.41, 5.74) is 8.80. The van der Waals surface area contributed by atoms with E-state index in [2.05, 4.69) is 30.0 Å². The Morgan fingerprint density at radius 1 is 1.47 bits per heavy atom. The van der Waals surface area contributed by atoms with E-state index in [1.807, 2.05) is 11.7 Å². The van der Waals surface area contributed by atoms with Gasteiger partial charge in [0.2, 0.25) is 0 Å². The molecule has 1 aliphatic heterocycles. The van der Waals surface area contributed by atoms with Crippen LogP contribution >= 0.6 is 0 Å². The molecule has 0 aromatic carbocycles. The Balaban J connectivity index is 2.33. The molecule has 1 aliphatic rings. The van der Waals surface area contributed by atoms with Crippen molar-refractivity contribution in [1.82, 2.24) is 14.7 Å². The van der Waals surface area contributed by atoms with Crippen LogP contribution in [0.4, 0.5) is 0 Å². The second-order valence-corrected chi connectivity index (χ2v) is 5.08. The van der Waals surface area contributed by atoms with E-state index in [9.17, 15) is 0 Å². The van der Waals surface area contributed by atoms with Crippen LogP contribution in [-0.4, -0.2) is 33.8 Å². The van der Waals surface area contributed by atoms with Gasteiger partial charge in [0.1, 0.15) is 0 Å². The van der Waals surface area contributed by atoms with Gasteiger partial charge in [-0.3, -0.25) is 9.58 Å². The topological polar surface area (TPSA) is 47.1 Å². The Morgan fingerprint density at radius 2 is 2.24 bits per heavy atom. The second-order valence-electron chi connectivity index (χ2n) is 5.08. The summed E-state index contributed by atoms with van der Waals surface area (Å²) in [4.78, 5) is 2.50. The minimum absolute atomic E-state index is 0.236. The van der Waals surface area contributed by atoms with Crippen LogP contribution in [0.25, 0.3) is 0 Å². The highest BCUT2D eigenvalue weighted by Gasteiger charge is 2.30. The van der Waals surface area contributed by atoms with E-state index in [0.29, 0.717) is 6.04 Å². The third-order valence-corrected chi connectivity index (χ3v) is 3.81. The standard InChI is InChI=1S/C13H24N4/c1-4-17-8-6-5-7-12(14)13(17)11-9-16(3)15-10(11)2/h9,12-13H,4-8,14H2,1-3H3. The van der Waals surface area contributed by atoms with Crippen LogP contribution in [0.3, 0.4) is 0 Å². The van der Waals surface area contributed by atoms with Crippen molar-refractivity contribution >= 4 is 0 Å². The van der Waals surface area contributed by atoms with Crippen molar-refractivity contribution in [1.29, 1.82) is 0 Å². The van der Waals surface area contributed by atoms with Crippen molar-refractivity contribution in [3.8, 4) is 0 Å². The Bertz CT molecular complexity index is 371. The summed E-state index contributed by atoms with van der Waals surface area (Å²) in [5, 5.41) is 4.45. The lowest BCUT2D eigenvalue weighted by molar-refractivity contribution is 0.195. The molecule has 2 unspecified atom stereocenters. The Labute approximate surface area is 104 Å². The summed E-state index contributed by atoms with van der Waals surface area (Å²) in [6.45, 7) is 6.52. The average molecular weight is 236 g/mol. The van der Waals surface area contributed by atoms with E-state index in [0.717, 1.165) is 25.2 Å². The van der Waals surface area contributed by atoms with Gasteiger partial charge in [-0.2, -0.15) is 5.10 Å². The van der Waals surface area contributed by atoms with Gasteiger partial charge in [-0.15, -0.1) is 0 Å². The highest BCUT2D eigenvalue weighted by Crippen LogP contribution is 2.30. The predicted molar refractivity (Wildman–Crippen MR) is 69.8 cm³/mol. The zero-order valence-electron chi connectivity index (χ0n) is 11.2. The van der Waals surface area contributed by atoms with E-state index in [-0.39, 0.29) is 6.04 Å². The lowest BCUT2D eigenvalue weighted by Crippen LogP contribution is -2.39. The van der Waals surface area contributed by atoms with Gasteiger partial charge in [-0.1, -0.05) is 13.3 Å². The molecule has 2 rings (SSSR count). The first-order valence-corrected chi connectivity index (χ1v) is 6.63. The number of aryl methyl sites for hydroxylation is 2. The van der Waals surface area contributed by atoms with Gasteiger partial charge < -0.3 is 5.73 Å². The monoisotopic (exact) mass is 236 g/mol. The first-order valence-electron chi connectivity index (χ1n) is 6.63. The van der Waals surface area contributed by atoms with Crippen LogP contribution in [0.15, 0.2) is 6.20 Å². The molecule has 1 aromatic heterocycles. The van der Waals surface area contributed by atoms with Crippen molar-refractivity contribution in [2.45, 2.75) is 45.2 Å². The summed E-state index contributed by atoms with van der Waals surface area (Å²) in [7, 11) is 1.98. The molecule has 17 heavy (non-hydrogen) atoms. The summed E-state index contributed by atoms with van der Waals surface area (Å²) in [5.74, 6) is 0. The fourth-order valence-corrected chi connectivity index (χ4v) is 2.95. The highest BCUT2D eigenvalue weighted by molar-refractivity contribution is 5.22. The number of nitrogens with two attached hydrogens (primary N) is 1. The molecule has 2 heterocycles. The van der Waals surface area contributed by atoms with Crippen molar-refractivity contribution in [3.05, 3.63) is 17.5 Å². The SMILES string of the molecule is CCN1CCCCC(N)C1c1cn(C)nc1C. The maximum absolute atomic E-state index is 6.38. The van der Waals surface area contributed by atoms with Crippen LogP contribution < -0.4 is 5.73 Å². The second kappa shape index (κ2) is 5.19. The van der Waals surface area contributed by atoms with Gasteiger partial charge in [0, 0.05) is 24.8 Å². The molecular formula is C13H24N4. The number of rotatable bonds is 2. The van der Waals surface area contributed by atoms with Crippen LogP contribution in [0.2, 0.25) is 0 Å². The Kier molecular flexibility index (Phi) is 3.84. The zero-order valence-corrected chi connectivity index (χ0v) is 11.2. The van der Waals surface area contributed by atoms with Crippen LogP contribution in [-0.2, 0) is 7.05 Å². The number of likely N-dealkylation sites (tertiary alicyclic amines) is 1. The molecule has 2 atom stereocenters. The lowest BCUT2D eigenvalue weighted by atomic mass is 9.97. The molecule has 4 heteroatoms. The number of likely N-dealkylation sites (N-methyl/N-ethyl adjacent to an activating group) is 1. The molecular weight excluding hydrogens is 212 g/mol. The quantitative estimate of drug-likeness (QED) is 0.848.